The molecule has 5 amide bonds. The summed E-state index contributed by atoms with van der Waals surface area (Å²) in [5, 5.41) is 17.7. The lowest BCUT2D eigenvalue weighted by Gasteiger charge is -2.29. The Morgan fingerprint density at radius 1 is 0.828 bits per heavy atom. The van der Waals surface area contributed by atoms with E-state index in [1.165, 1.54) is 9.80 Å². The zero-order valence-electron chi connectivity index (χ0n) is 33.4. The lowest BCUT2D eigenvalue weighted by Crippen LogP contribution is -2.54. The molecule has 2 heterocycles. The molecule has 2 saturated heterocycles. The van der Waals surface area contributed by atoms with Gasteiger partial charge in [-0.05, 0) is 75.0 Å². The lowest BCUT2D eigenvalue weighted by molar-refractivity contribution is -0.144. The second-order valence-electron chi connectivity index (χ2n) is 15.5. The van der Waals surface area contributed by atoms with Gasteiger partial charge in [0.25, 0.3) is 0 Å². The normalized spacial score (nSPS) is 19.1. The second kappa shape index (κ2) is 22.4. The van der Waals surface area contributed by atoms with Crippen LogP contribution in [0.3, 0.4) is 0 Å². The summed E-state index contributed by atoms with van der Waals surface area (Å²) < 4.78 is 19.7. The van der Waals surface area contributed by atoms with Crippen molar-refractivity contribution in [3.63, 3.8) is 0 Å². The Kier molecular flexibility index (Phi) is 17.7. The highest BCUT2D eigenvalue weighted by Crippen LogP contribution is 2.47. The van der Waals surface area contributed by atoms with Gasteiger partial charge in [-0.1, -0.05) is 74.5 Å². The largest absolute Gasteiger partial charge is 0.480 e. The van der Waals surface area contributed by atoms with Crippen LogP contribution in [0.2, 0.25) is 0 Å². The fourth-order valence-electron chi connectivity index (χ4n) is 7.34. The quantitative estimate of drug-likeness (QED) is 0.0789. The number of amides is 5. The molecule has 16 nitrogen and oxygen atoms in total. The number of carboxylic acids is 1. The number of carbonyl (C=O) groups excluding carboxylic acids is 5. The highest BCUT2D eigenvalue weighted by molar-refractivity contribution is 7.58. The number of nitrogens with zero attached hydrogens (tertiary/aromatic N) is 2. The summed E-state index contributed by atoms with van der Waals surface area (Å²) in [6.07, 6.45) is 1.52. The summed E-state index contributed by atoms with van der Waals surface area (Å²) >= 11 is 0. The molecule has 2 aliphatic heterocycles. The average Bonchev–Trinajstić information content (AvgIpc) is 3.90. The number of nitrogens with one attached hydrogen (secondary N) is 3. The molecule has 2 aromatic carbocycles. The Hall–Kier alpha value is -4.79. The van der Waals surface area contributed by atoms with Gasteiger partial charge in [-0.3, -0.25) is 28.6 Å². The van der Waals surface area contributed by atoms with Gasteiger partial charge in [-0.25, -0.2) is 9.59 Å². The molecule has 1 unspecified atom stereocenters. The molecule has 0 aliphatic carbocycles. The third-order valence-corrected chi connectivity index (χ3v) is 12.6. The number of rotatable bonds is 21. The summed E-state index contributed by atoms with van der Waals surface area (Å²) in [5.41, 5.74) is 7.17. The third-order valence-electron chi connectivity index (χ3n) is 10.5. The number of unbranched alkanes of at least 4 members (excludes halogenated alkanes) is 1. The first-order valence-corrected chi connectivity index (χ1v) is 22.1. The van der Waals surface area contributed by atoms with Crippen molar-refractivity contribution < 1.29 is 48.1 Å². The Morgan fingerprint density at radius 3 is 1.98 bits per heavy atom. The van der Waals surface area contributed by atoms with E-state index >= 15 is 0 Å². The summed E-state index contributed by atoms with van der Waals surface area (Å²) in [6, 6.07) is 13.9. The van der Waals surface area contributed by atoms with Gasteiger partial charge in [0.2, 0.25) is 31.0 Å². The minimum absolute atomic E-state index is 0.00187. The standard InChI is InChI=1S/C41H59N6O10P/c1-28(2)25-32(40(52)53)44-38(50)33-18-11-22-46(33)36(48)20-24-58(55,56)35(26-29-13-5-3-6-14-29)45-37(49)31(17-9-10-21-42)43-39(51)34-19-12-23-47(34)41(54)57-27-30-15-7-4-8-16-30/h3-8,13-16,28,31-35H,9-12,17-27,42H2,1-2H3,(H,43,51)(H,44,50)(H,45,49)(H,52,53)(H,55,56)/t31-,32-,33-,34-,35+/m0/s1. The molecule has 2 aromatic rings. The Labute approximate surface area is 340 Å². The van der Waals surface area contributed by atoms with Crippen molar-refractivity contribution in [2.45, 2.75) is 115 Å². The maximum Gasteiger partial charge on any atom is 0.410 e. The molecule has 2 fully saturated rings. The monoisotopic (exact) mass is 826 g/mol. The molecular formula is C41H59N6O10P. The van der Waals surface area contributed by atoms with Crippen LogP contribution in [-0.2, 0) is 46.3 Å². The summed E-state index contributed by atoms with van der Waals surface area (Å²) in [5.74, 6) is -4.90. The van der Waals surface area contributed by atoms with Crippen molar-refractivity contribution in [3.8, 4) is 0 Å². The van der Waals surface area contributed by atoms with E-state index in [1.807, 2.05) is 44.2 Å². The van der Waals surface area contributed by atoms with Crippen LogP contribution in [0.15, 0.2) is 60.7 Å². The van der Waals surface area contributed by atoms with Crippen LogP contribution in [0.25, 0.3) is 0 Å². The molecule has 0 radical (unpaired) electrons. The SMILES string of the molecule is CC(C)C[C@H](NC(=O)[C@@H]1CCCN1C(=O)CCP(=O)(O)[C@H](Cc1ccccc1)NC(=O)[C@H](CCCCN)NC(=O)[C@@H]1CCCN1C(=O)OCc1ccccc1)C(=O)O. The zero-order valence-corrected chi connectivity index (χ0v) is 34.3. The van der Waals surface area contributed by atoms with Gasteiger partial charge in [0.1, 0.15) is 36.6 Å². The highest BCUT2D eigenvalue weighted by atomic mass is 31.2. The van der Waals surface area contributed by atoms with Crippen LogP contribution in [0.5, 0.6) is 0 Å². The smallest absolute Gasteiger partial charge is 0.410 e. The van der Waals surface area contributed by atoms with Gasteiger partial charge < -0.3 is 41.3 Å². The van der Waals surface area contributed by atoms with E-state index in [9.17, 15) is 43.3 Å². The van der Waals surface area contributed by atoms with Crippen molar-refractivity contribution in [2.75, 3.05) is 25.8 Å². The fourth-order valence-corrected chi connectivity index (χ4v) is 8.99. The summed E-state index contributed by atoms with van der Waals surface area (Å²) in [4.78, 5) is 93.4. The molecule has 4 rings (SSSR count). The summed E-state index contributed by atoms with van der Waals surface area (Å²) in [6.45, 7) is 4.58. The van der Waals surface area contributed by atoms with Crippen LogP contribution in [0.1, 0.15) is 82.8 Å². The van der Waals surface area contributed by atoms with E-state index in [1.54, 1.807) is 30.3 Å². The number of ether oxygens (including phenoxy) is 1. The van der Waals surface area contributed by atoms with Crippen molar-refractivity contribution in [2.24, 2.45) is 11.7 Å². The highest BCUT2D eigenvalue weighted by Gasteiger charge is 2.40. The van der Waals surface area contributed by atoms with Crippen molar-refractivity contribution >= 4 is 43.1 Å². The molecule has 0 saturated carbocycles. The van der Waals surface area contributed by atoms with E-state index in [0.717, 1.165) is 5.56 Å². The second-order valence-corrected chi connectivity index (χ2v) is 18.0. The van der Waals surface area contributed by atoms with Gasteiger partial charge in [0.15, 0.2) is 0 Å². The molecule has 0 aromatic heterocycles. The van der Waals surface area contributed by atoms with Crippen LogP contribution >= 0.6 is 7.37 Å². The predicted molar refractivity (Wildman–Crippen MR) is 216 cm³/mol. The molecule has 6 atom stereocenters. The van der Waals surface area contributed by atoms with Gasteiger partial charge in [-0.15, -0.1) is 0 Å². The van der Waals surface area contributed by atoms with E-state index in [4.69, 9.17) is 10.5 Å². The Balaban J connectivity index is 1.45. The van der Waals surface area contributed by atoms with Crippen LogP contribution in [-0.4, -0.2) is 111 Å². The fraction of sp³-hybridized carbons (Fsp3) is 0.561. The number of carboxylic acid groups (broad SMARTS) is 1. The van der Waals surface area contributed by atoms with E-state index < -0.39 is 85.6 Å². The number of benzene rings is 2. The predicted octanol–water partition coefficient (Wildman–Crippen LogP) is 3.35. The van der Waals surface area contributed by atoms with Crippen LogP contribution in [0.4, 0.5) is 4.79 Å². The number of hydrogen-bond donors (Lipinski definition) is 6. The number of carbonyl (C=O) groups is 6. The van der Waals surface area contributed by atoms with Gasteiger partial charge in [-0.2, -0.15) is 0 Å². The molecule has 17 heteroatoms. The molecule has 0 bridgehead atoms. The van der Waals surface area contributed by atoms with Gasteiger partial charge in [0.05, 0.1) is 0 Å². The third kappa shape index (κ3) is 13.7. The van der Waals surface area contributed by atoms with Crippen molar-refractivity contribution in [3.05, 3.63) is 71.8 Å². The maximum atomic E-state index is 14.2. The number of likely N-dealkylation sites (tertiary alicyclic amines) is 2. The summed E-state index contributed by atoms with van der Waals surface area (Å²) in [7, 11) is -4.35. The van der Waals surface area contributed by atoms with Gasteiger partial charge in [0, 0.05) is 32.1 Å². The van der Waals surface area contributed by atoms with Gasteiger partial charge >= 0.3 is 12.1 Å². The first kappa shape index (κ1) is 45.9. The first-order chi connectivity index (χ1) is 27.7. The molecule has 2 aliphatic rings. The number of aliphatic carboxylic acids is 1. The van der Waals surface area contributed by atoms with E-state index in [2.05, 4.69) is 16.0 Å². The molecule has 0 spiro atoms. The maximum absolute atomic E-state index is 14.2. The zero-order chi connectivity index (χ0) is 42.2. The number of hydrogen-bond acceptors (Lipinski definition) is 9. The molecule has 318 valence electrons. The number of nitrogens with two attached hydrogens (primary N) is 1. The molecule has 58 heavy (non-hydrogen) atoms. The van der Waals surface area contributed by atoms with Crippen LogP contribution < -0.4 is 21.7 Å². The molecule has 7 N–H and O–H groups in total. The van der Waals surface area contributed by atoms with Crippen LogP contribution in [0, 0.1) is 5.92 Å². The Morgan fingerprint density at radius 2 is 1.40 bits per heavy atom. The minimum atomic E-state index is -4.35. The van der Waals surface area contributed by atoms with Crippen molar-refractivity contribution in [1.29, 1.82) is 0 Å². The lowest BCUT2D eigenvalue weighted by atomic mass is 10.0. The van der Waals surface area contributed by atoms with E-state index in [0.29, 0.717) is 57.2 Å². The van der Waals surface area contributed by atoms with E-state index in [-0.39, 0.29) is 38.3 Å². The molecular weight excluding hydrogens is 767 g/mol. The first-order valence-electron chi connectivity index (χ1n) is 20.2. The average molecular weight is 827 g/mol. The van der Waals surface area contributed by atoms with Crippen molar-refractivity contribution in [1.82, 2.24) is 25.8 Å². The topological polar surface area (TPSA) is 238 Å². The minimum Gasteiger partial charge on any atom is -0.480 e. The Bertz CT molecular complexity index is 1750.